The van der Waals surface area contributed by atoms with E-state index >= 15 is 0 Å². The molecule has 2 rings (SSSR count). The summed E-state index contributed by atoms with van der Waals surface area (Å²) in [5.41, 5.74) is 4.86. The summed E-state index contributed by atoms with van der Waals surface area (Å²) in [6.45, 7) is -0.587. The van der Waals surface area contributed by atoms with E-state index in [0.717, 1.165) is 10.9 Å². The van der Waals surface area contributed by atoms with Gasteiger partial charge >= 0.3 is 0 Å². The van der Waals surface area contributed by atoms with Crippen LogP contribution in [0.3, 0.4) is 0 Å². The maximum atomic E-state index is 11.6. The minimum atomic E-state index is -1.27. The van der Waals surface area contributed by atoms with Gasteiger partial charge in [-0.2, -0.15) is 4.98 Å². The van der Waals surface area contributed by atoms with Crippen LogP contribution < -0.4 is 11.3 Å². The lowest BCUT2D eigenvalue weighted by Crippen LogP contribution is -2.26. The molecule has 0 aliphatic carbocycles. The van der Waals surface area contributed by atoms with Gasteiger partial charge in [-0.1, -0.05) is 0 Å². The highest BCUT2D eigenvalue weighted by Crippen LogP contribution is 2.15. The largest absolute Gasteiger partial charge is 0.393 e. The SMILES string of the molecule is Nc1nc2c(ncn2[C@@H](C=O)O[C@H](C=O)CO)c(=O)[nH]1. The number of ether oxygens (including phenoxy) is 1. The predicted octanol–water partition coefficient (Wildman–Crippen LogP) is -2.02. The molecule has 106 valence electrons. The Labute approximate surface area is 111 Å². The molecule has 0 bridgehead atoms. The number of fused-ring (bicyclic) bond motifs is 1. The molecule has 0 radical (unpaired) electrons. The molecule has 4 N–H and O–H groups in total. The van der Waals surface area contributed by atoms with Crippen LogP contribution in [-0.4, -0.2) is 49.9 Å². The standard InChI is InChI=1S/C10H11N5O5/c11-10-13-8-7(9(19)14-10)12-4-15(8)6(3-18)20-5(1-16)2-17/h1,3-6,17H,2H2,(H3,11,13,14,19)/t5-,6-/m1/s1. The second kappa shape index (κ2) is 5.59. The molecule has 10 heteroatoms. The fourth-order valence-corrected chi connectivity index (χ4v) is 1.59. The highest BCUT2D eigenvalue weighted by atomic mass is 16.5. The number of nitrogens with two attached hydrogens (primary N) is 1. The van der Waals surface area contributed by atoms with Crippen LogP contribution in [0.2, 0.25) is 0 Å². The molecule has 20 heavy (non-hydrogen) atoms. The van der Waals surface area contributed by atoms with Gasteiger partial charge < -0.3 is 20.4 Å². The third kappa shape index (κ3) is 2.41. The zero-order chi connectivity index (χ0) is 14.7. The topological polar surface area (TPSA) is 153 Å². The van der Waals surface area contributed by atoms with Crippen LogP contribution in [0.5, 0.6) is 0 Å². The van der Waals surface area contributed by atoms with E-state index in [4.69, 9.17) is 15.6 Å². The van der Waals surface area contributed by atoms with E-state index in [0.29, 0.717) is 12.6 Å². The maximum Gasteiger partial charge on any atom is 0.280 e. The molecule has 0 amide bonds. The normalized spacial score (nSPS) is 14.1. The highest BCUT2D eigenvalue weighted by molar-refractivity contribution is 5.72. The quantitative estimate of drug-likeness (QED) is 0.512. The Hall–Kier alpha value is -2.59. The van der Waals surface area contributed by atoms with Crippen LogP contribution in [0.25, 0.3) is 11.2 Å². The summed E-state index contributed by atoms with van der Waals surface area (Å²) in [4.78, 5) is 43.2. The monoisotopic (exact) mass is 281 g/mol. The number of carbonyl (C=O) groups is 2. The summed E-state index contributed by atoms with van der Waals surface area (Å²) in [7, 11) is 0. The van der Waals surface area contributed by atoms with Crippen LogP contribution >= 0.6 is 0 Å². The highest BCUT2D eigenvalue weighted by Gasteiger charge is 2.20. The number of anilines is 1. The number of aliphatic hydroxyl groups is 1. The number of nitrogens with zero attached hydrogens (tertiary/aromatic N) is 3. The van der Waals surface area contributed by atoms with Gasteiger partial charge in [-0.3, -0.25) is 19.1 Å². The van der Waals surface area contributed by atoms with E-state index in [9.17, 15) is 14.4 Å². The molecular weight excluding hydrogens is 270 g/mol. The third-order valence-electron chi connectivity index (χ3n) is 2.49. The van der Waals surface area contributed by atoms with Crippen molar-refractivity contribution in [1.82, 2.24) is 19.5 Å². The summed E-state index contributed by atoms with van der Waals surface area (Å²) in [6.07, 6.45) is -0.556. The van der Waals surface area contributed by atoms with E-state index < -0.39 is 24.5 Å². The van der Waals surface area contributed by atoms with Gasteiger partial charge in [0.15, 0.2) is 30.0 Å². The number of rotatable bonds is 6. The van der Waals surface area contributed by atoms with Gasteiger partial charge in [-0.05, 0) is 0 Å². The second-order valence-electron chi connectivity index (χ2n) is 3.80. The van der Waals surface area contributed by atoms with Gasteiger partial charge in [0.25, 0.3) is 5.56 Å². The number of H-pyrrole nitrogens is 1. The molecule has 0 aliphatic rings. The van der Waals surface area contributed by atoms with Crippen molar-refractivity contribution in [3.63, 3.8) is 0 Å². The first-order valence-electron chi connectivity index (χ1n) is 5.50. The van der Waals surface area contributed by atoms with Crippen molar-refractivity contribution < 1.29 is 19.4 Å². The van der Waals surface area contributed by atoms with E-state index in [1.54, 1.807) is 0 Å². The molecule has 0 unspecified atom stereocenters. The lowest BCUT2D eigenvalue weighted by molar-refractivity contribution is -0.139. The first-order chi connectivity index (χ1) is 9.60. The first-order valence-corrected chi connectivity index (χ1v) is 5.50. The Balaban J connectivity index is 2.47. The minimum Gasteiger partial charge on any atom is -0.393 e. The fraction of sp³-hybridized carbons (Fsp3) is 0.300. The minimum absolute atomic E-state index is 0.0266. The molecule has 0 saturated heterocycles. The van der Waals surface area contributed by atoms with Gasteiger partial charge in [0.2, 0.25) is 5.95 Å². The number of aromatic nitrogens is 4. The van der Waals surface area contributed by atoms with Crippen molar-refractivity contribution in [2.75, 3.05) is 12.3 Å². The van der Waals surface area contributed by atoms with E-state index in [-0.39, 0.29) is 17.1 Å². The summed E-state index contributed by atoms with van der Waals surface area (Å²) in [5, 5.41) is 8.88. The Morgan fingerprint density at radius 2 is 2.25 bits per heavy atom. The average Bonchev–Trinajstić information content (AvgIpc) is 2.84. The number of aldehydes is 2. The molecule has 0 saturated carbocycles. The van der Waals surface area contributed by atoms with E-state index in [1.165, 1.54) is 0 Å². The van der Waals surface area contributed by atoms with Crippen LogP contribution in [0, 0.1) is 0 Å². The average molecular weight is 281 g/mol. The predicted molar refractivity (Wildman–Crippen MR) is 65.7 cm³/mol. The lowest BCUT2D eigenvalue weighted by atomic mass is 10.4. The number of hydrogen-bond donors (Lipinski definition) is 3. The molecule has 2 aromatic rings. The molecule has 2 atom stereocenters. The Morgan fingerprint density at radius 3 is 2.85 bits per heavy atom. The number of nitrogens with one attached hydrogen (secondary N) is 1. The number of aromatic amines is 1. The first kappa shape index (κ1) is 13.8. The Bertz CT molecular complexity index is 693. The van der Waals surface area contributed by atoms with Crippen molar-refractivity contribution in [2.45, 2.75) is 12.3 Å². The number of imidazole rings is 1. The van der Waals surface area contributed by atoms with Crippen molar-refractivity contribution in [2.24, 2.45) is 0 Å². The lowest BCUT2D eigenvalue weighted by Gasteiger charge is -2.16. The summed E-state index contributed by atoms with van der Waals surface area (Å²) in [6, 6.07) is 0. The van der Waals surface area contributed by atoms with Gasteiger partial charge in [0.1, 0.15) is 6.10 Å². The number of nitrogen functional groups attached to an aromatic ring is 1. The van der Waals surface area contributed by atoms with Gasteiger partial charge in [-0.25, -0.2) is 4.98 Å². The van der Waals surface area contributed by atoms with Crippen molar-refractivity contribution in [3.05, 3.63) is 16.7 Å². The maximum absolute atomic E-state index is 11.6. The zero-order valence-electron chi connectivity index (χ0n) is 10.1. The van der Waals surface area contributed by atoms with Crippen LogP contribution in [0.15, 0.2) is 11.1 Å². The smallest absolute Gasteiger partial charge is 0.280 e. The summed E-state index contributed by atoms with van der Waals surface area (Å²) in [5.74, 6) is -0.150. The molecule has 0 aliphatic heterocycles. The third-order valence-corrected chi connectivity index (χ3v) is 2.49. The van der Waals surface area contributed by atoms with Crippen molar-refractivity contribution in [3.8, 4) is 0 Å². The molecular formula is C10H11N5O5. The van der Waals surface area contributed by atoms with Gasteiger partial charge in [0.05, 0.1) is 12.9 Å². The zero-order valence-corrected chi connectivity index (χ0v) is 10.1. The molecule has 2 aromatic heterocycles. The van der Waals surface area contributed by atoms with Crippen molar-refractivity contribution in [1.29, 1.82) is 0 Å². The van der Waals surface area contributed by atoms with Crippen LogP contribution in [0.1, 0.15) is 6.23 Å². The second-order valence-corrected chi connectivity index (χ2v) is 3.80. The molecule has 0 fully saturated rings. The van der Waals surface area contributed by atoms with Gasteiger partial charge in [0, 0.05) is 0 Å². The molecule has 2 heterocycles. The summed E-state index contributed by atoms with van der Waals surface area (Å²) < 4.78 is 6.21. The molecule has 10 nitrogen and oxygen atoms in total. The van der Waals surface area contributed by atoms with Crippen LogP contribution in [-0.2, 0) is 14.3 Å². The fourth-order valence-electron chi connectivity index (χ4n) is 1.59. The van der Waals surface area contributed by atoms with E-state index in [2.05, 4.69) is 15.0 Å². The Morgan fingerprint density at radius 1 is 1.50 bits per heavy atom. The number of carbonyl (C=O) groups excluding carboxylic acids is 2. The van der Waals surface area contributed by atoms with Crippen LogP contribution in [0.4, 0.5) is 5.95 Å². The molecule has 0 aromatic carbocycles. The molecule has 0 spiro atoms. The van der Waals surface area contributed by atoms with Crippen molar-refractivity contribution >= 4 is 29.7 Å². The Kier molecular flexibility index (Phi) is 3.86. The van der Waals surface area contributed by atoms with E-state index in [1.807, 2.05) is 0 Å². The number of aliphatic hydroxyl groups excluding tert-OH is 1. The number of hydrogen-bond acceptors (Lipinski definition) is 8. The summed E-state index contributed by atoms with van der Waals surface area (Å²) >= 11 is 0. The van der Waals surface area contributed by atoms with Gasteiger partial charge in [-0.15, -0.1) is 0 Å².